The molecule has 1 aliphatic rings. The molecule has 1 saturated heterocycles. The highest BCUT2D eigenvalue weighted by Gasteiger charge is 2.19. The lowest BCUT2D eigenvalue weighted by Gasteiger charge is -2.18. The van der Waals surface area contributed by atoms with Crippen LogP contribution in [0.15, 0.2) is 0 Å². The Morgan fingerprint density at radius 3 is 2.79 bits per heavy atom. The van der Waals surface area contributed by atoms with E-state index in [0.29, 0.717) is 13.2 Å². The molecule has 0 aromatic heterocycles. The second-order valence-corrected chi connectivity index (χ2v) is 4.81. The summed E-state index contributed by atoms with van der Waals surface area (Å²) in [6.45, 7) is 8.73. The van der Waals surface area contributed by atoms with E-state index < -0.39 is 6.10 Å². The number of carbonyl (C=O) groups excluding carboxylic acids is 1. The summed E-state index contributed by atoms with van der Waals surface area (Å²) >= 11 is 0. The molecule has 0 aromatic rings. The number of ether oxygens (including phenoxy) is 2. The van der Waals surface area contributed by atoms with E-state index in [2.05, 4.69) is 10.6 Å². The van der Waals surface area contributed by atoms with Gasteiger partial charge in [-0.15, -0.1) is 12.4 Å². The van der Waals surface area contributed by atoms with Gasteiger partial charge in [-0.2, -0.15) is 0 Å². The minimum atomic E-state index is -0.414. The molecule has 1 amide bonds. The molecule has 3 atom stereocenters. The lowest BCUT2D eigenvalue weighted by Crippen LogP contribution is -2.43. The highest BCUT2D eigenvalue weighted by molar-refractivity contribution is 5.85. The molecule has 0 aromatic carbocycles. The number of amides is 1. The molecule has 1 heterocycles. The molecule has 0 saturated carbocycles. The van der Waals surface area contributed by atoms with Crippen LogP contribution in [0, 0.1) is 0 Å². The van der Waals surface area contributed by atoms with Crippen LogP contribution in [0.25, 0.3) is 0 Å². The van der Waals surface area contributed by atoms with Gasteiger partial charge in [0, 0.05) is 19.2 Å². The van der Waals surface area contributed by atoms with Crippen LogP contribution in [0.3, 0.4) is 0 Å². The van der Waals surface area contributed by atoms with Gasteiger partial charge < -0.3 is 20.1 Å². The largest absolute Gasteiger partial charge is 0.376 e. The fraction of sp³-hybridized carbons (Fsp3) is 0.923. The molecule has 2 unspecified atom stereocenters. The Labute approximate surface area is 122 Å². The summed E-state index contributed by atoms with van der Waals surface area (Å²) in [6.07, 6.45) is 1.88. The molecule has 0 spiro atoms. The van der Waals surface area contributed by atoms with Crippen molar-refractivity contribution in [2.75, 3.05) is 26.3 Å². The Morgan fingerprint density at radius 2 is 2.21 bits per heavy atom. The maximum Gasteiger partial charge on any atom is 0.248 e. The lowest BCUT2D eigenvalue weighted by molar-refractivity contribution is -0.133. The maximum absolute atomic E-state index is 11.8. The molecule has 0 aliphatic carbocycles. The van der Waals surface area contributed by atoms with Crippen molar-refractivity contribution in [1.82, 2.24) is 10.6 Å². The quantitative estimate of drug-likeness (QED) is 0.704. The first kappa shape index (κ1) is 18.6. The van der Waals surface area contributed by atoms with Crippen LogP contribution in [-0.4, -0.2) is 50.5 Å². The fourth-order valence-corrected chi connectivity index (χ4v) is 1.92. The molecular weight excluding hydrogens is 268 g/mol. The van der Waals surface area contributed by atoms with Gasteiger partial charge in [0.25, 0.3) is 0 Å². The zero-order chi connectivity index (χ0) is 13.4. The SMILES string of the molecule is CCN[C@H](C)CNC(=O)C(C)OCC1CCCO1.Cl. The standard InChI is InChI=1S/C13H26N2O3.ClH/c1-4-14-10(2)8-15-13(16)11(3)18-9-12-6-5-7-17-12;/h10-12,14H,4-9H2,1-3H3,(H,15,16);1H/t10-,11?,12?;/m1./s1. The average Bonchev–Trinajstić information content (AvgIpc) is 2.86. The summed E-state index contributed by atoms with van der Waals surface area (Å²) in [5.74, 6) is -0.0576. The fourth-order valence-electron chi connectivity index (χ4n) is 1.92. The number of nitrogens with one attached hydrogen (secondary N) is 2. The van der Waals surface area contributed by atoms with Crippen molar-refractivity contribution in [1.29, 1.82) is 0 Å². The van der Waals surface area contributed by atoms with Gasteiger partial charge in [0.2, 0.25) is 5.91 Å². The minimum Gasteiger partial charge on any atom is -0.376 e. The van der Waals surface area contributed by atoms with E-state index >= 15 is 0 Å². The monoisotopic (exact) mass is 294 g/mol. The van der Waals surface area contributed by atoms with E-state index in [1.807, 2.05) is 13.8 Å². The first-order valence-corrected chi connectivity index (χ1v) is 6.87. The number of hydrogen-bond acceptors (Lipinski definition) is 4. The normalized spacial score (nSPS) is 21.5. The van der Waals surface area contributed by atoms with Crippen molar-refractivity contribution < 1.29 is 14.3 Å². The molecule has 6 heteroatoms. The van der Waals surface area contributed by atoms with Gasteiger partial charge in [0.15, 0.2) is 0 Å². The topological polar surface area (TPSA) is 59.6 Å². The van der Waals surface area contributed by atoms with E-state index in [1.54, 1.807) is 6.92 Å². The van der Waals surface area contributed by atoms with Gasteiger partial charge in [-0.1, -0.05) is 6.92 Å². The zero-order valence-electron chi connectivity index (χ0n) is 12.1. The number of likely N-dealkylation sites (N-methyl/N-ethyl adjacent to an activating group) is 1. The predicted molar refractivity (Wildman–Crippen MR) is 77.8 cm³/mol. The van der Waals surface area contributed by atoms with Crippen molar-refractivity contribution in [2.24, 2.45) is 0 Å². The van der Waals surface area contributed by atoms with E-state index in [1.165, 1.54) is 0 Å². The van der Waals surface area contributed by atoms with Gasteiger partial charge >= 0.3 is 0 Å². The zero-order valence-corrected chi connectivity index (χ0v) is 12.9. The molecule has 114 valence electrons. The summed E-state index contributed by atoms with van der Waals surface area (Å²) in [4.78, 5) is 11.8. The third-order valence-electron chi connectivity index (χ3n) is 3.06. The molecule has 1 rings (SSSR count). The molecule has 0 bridgehead atoms. The van der Waals surface area contributed by atoms with Gasteiger partial charge in [-0.05, 0) is 33.2 Å². The molecular formula is C13H27ClN2O3. The minimum absolute atomic E-state index is 0. The Morgan fingerprint density at radius 1 is 1.47 bits per heavy atom. The summed E-state index contributed by atoms with van der Waals surface area (Å²) in [7, 11) is 0. The first-order chi connectivity index (χ1) is 8.63. The van der Waals surface area contributed by atoms with E-state index in [4.69, 9.17) is 9.47 Å². The summed E-state index contributed by atoms with van der Waals surface area (Å²) in [5.41, 5.74) is 0. The average molecular weight is 295 g/mol. The van der Waals surface area contributed by atoms with Crippen molar-refractivity contribution in [2.45, 2.75) is 51.9 Å². The molecule has 19 heavy (non-hydrogen) atoms. The van der Waals surface area contributed by atoms with Crippen molar-refractivity contribution in [3.63, 3.8) is 0 Å². The summed E-state index contributed by atoms with van der Waals surface area (Å²) in [6, 6.07) is 0.282. The van der Waals surface area contributed by atoms with Gasteiger partial charge in [-0.25, -0.2) is 0 Å². The van der Waals surface area contributed by atoms with Gasteiger partial charge in [0.05, 0.1) is 12.7 Å². The highest BCUT2D eigenvalue weighted by Crippen LogP contribution is 2.12. The van der Waals surface area contributed by atoms with Gasteiger partial charge in [-0.3, -0.25) is 4.79 Å². The Kier molecular flexibility index (Phi) is 10.2. The van der Waals surface area contributed by atoms with E-state index in [0.717, 1.165) is 26.0 Å². The number of halogens is 1. The number of rotatable bonds is 8. The van der Waals surface area contributed by atoms with Crippen LogP contribution >= 0.6 is 12.4 Å². The van der Waals surface area contributed by atoms with Crippen molar-refractivity contribution in [3.05, 3.63) is 0 Å². The van der Waals surface area contributed by atoms with Crippen LogP contribution in [0.4, 0.5) is 0 Å². The third kappa shape index (κ3) is 7.72. The molecule has 0 radical (unpaired) electrons. The van der Waals surface area contributed by atoms with Crippen LogP contribution in [0.2, 0.25) is 0 Å². The summed E-state index contributed by atoms with van der Waals surface area (Å²) < 4.78 is 11.0. The van der Waals surface area contributed by atoms with Crippen molar-refractivity contribution >= 4 is 18.3 Å². The van der Waals surface area contributed by atoms with Gasteiger partial charge in [0.1, 0.15) is 6.10 Å². The first-order valence-electron chi connectivity index (χ1n) is 6.87. The second kappa shape index (κ2) is 10.4. The third-order valence-corrected chi connectivity index (χ3v) is 3.06. The van der Waals surface area contributed by atoms with Crippen LogP contribution in [0.1, 0.15) is 33.6 Å². The Balaban J connectivity index is 0.00000324. The summed E-state index contributed by atoms with van der Waals surface area (Å²) in [5, 5.41) is 6.12. The van der Waals surface area contributed by atoms with Crippen LogP contribution in [0.5, 0.6) is 0 Å². The Bertz CT molecular complexity index is 248. The number of carbonyl (C=O) groups is 1. The molecule has 2 N–H and O–H groups in total. The van der Waals surface area contributed by atoms with E-state index in [-0.39, 0.29) is 30.5 Å². The lowest BCUT2D eigenvalue weighted by atomic mass is 10.2. The van der Waals surface area contributed by atoms with Crippen molar-refractivity contribution in [3.8, 4) is 0 Å². The second-order valence-electron chi connectivity index (χ2n) is 4.81. The van der Waals surface area contributed by atoms with Crippen LogP contribution < -0.4 is 10.6 Å². The molecule has 5 nitrogen and oxygen atoms in total. The maximum atomic E-state index is 11.8. The Hall–Kier alpha value is -0.360. The smallest absolute Gasteiger partial charge is 0.248 e. The molecule has 1 fully saturated rings. The van der Waals surface area contributed by atoms with Crippen LogP contribution in [-0.2, 0) is 14.3 Å². The molecule has 1 aliphatic heterocycles. The predicted octanol–water partition coefficient (Wildman–Crippen LogP) is 1.11. The van der Waals surface area contributed by atoms with E-state index in [9.17, 15) is 4.79 Å². The highest BCUT2D eigenvalue weighted by atomic mass is 35.5. The number of hydrogen-bond donors (Lipinski definition) is 2.